The Hall–Kier alpha value is -1.66. The van der Waals surface area contributed by atoms with E-state index >= 15 is 0 Å². The summed E-state index contributed by atoms with van der Waals surface area (Å²) < 4.78 is 23.5. The average Bonchev–Trinajstić information content (AvgIpc) is 2.74. The average molecular weight is 294 g/mol. The lowest BCUT2D eigenvalue weighted by atomic mass is 10.1. The van der Waals surface area contributed by atoms with Crippen molar-refractivity contribution in [1.29, 1.82) is 0 Å². The van der Waals surface area contributed by atoms with Gasteiger partial charge in [-0.2, -0.15) is 0 Å². The lowest BCUT2D eigenvalue weighted by molar-refractivity contribution is 0.0949. The van der Waals surface area contributed by atoms with Gasteiger partial charge in [0, 0.05) is 29.6 Å². The molecule has 0 saturated carbocycles. The van der Waals surface area contributed by atoms with E-state index in [1.54, 1.807) is 12.1 Å². The lowest BCUT2D eigenvalue weighted by Gasteiger charge is -2.14. The molecule has 108 valence electrons. The summed E-state index contributed by atoms with van der Waals surface area (Å²) in [5.41, 5.74) is 0.882. The molecule has 1 aromatic rings. The first-order valence-corrected chi connectivity index (χ1v) is 8.03. The number of amides is 1. The lowest BCUT2D eigenvalue weighted by Crippen LogP contribution is -2.33. The Morgan fingerprint density at radius 1 is 1.35 bits per heavy atom. The molecule has 0 radical (unpaired) electrons. The quantitative estimate of drug-likeness (QED) is 0.884. The van der Waals surface area contributed by atoms with Gasteiger partial charge in [0.1, 0.15) is 0 Å². The molecule has 5 nitrogen and oxygen atoms in total. The van der Waals surface area contributed by atoms with Gasteiger partial charge >= 0.3 is 0 Å². The fraction of sp³-hybridized carbons (Fsp3) is 0.357. The summed E-state index contributed by atoms with van der Waals surface area (Å²) in [4.78, 5) is 14.4. The third-order valence-corrected chi connectivity index (χ3v) is 4.81. The number of carbonyl (C=O) groups is 1. The molecule has 0 aliphatic carbocycles. The topological polar surface area (TPSA) is 66.5 Å². The van der Waals surface area contributed by atoms with E-state index in [2.05, 4.69) is 10.2 Å². The van der Waals surface area contributed by atoms with Gasteiger partial charge in [0.25, 0.3) is 5.91 Å². The van der Waals surface area contributed by atoms with Crippen molar-refractivity contribution in [3.8, 4) is 0 Å². The van der Waals surface area contributed by atoms with Gasteiger partial charge in [-0.05, 0) is 31.8 Å². The number of fused-ring (bicyclic) bond motifs is 1. The Bertz CT molecular complexity index is 650. The molecule has 6 heteroatoms. The Balaban J connectivity index is 2.13. The molecule has 1 N–H and O–H groups in total. The van der Waals surface area contributed by atoms with Crippen molar-refractivity contribution >= 4 is 21.8 Å². The summed E-state index contributed by atoms with van der Waals surface area (Å²) in [6, 6.07) is 4.76. The molecule has 0 atom stereocenters. The van der Waals surface area contributed by atoms with Gasteiger partial charge in [0.15, 0.2) is 9.84 Å². The largest absolute Gasteiger partial charge is 0.351 e. The number of likely N-dealkylation sites (N-methyl/N-ethyl adjacent to an activating group) is 1. The van der Waals surface area contributed by atoms with Crippen molar-refractivity contribution in [2.45, 2.75) is 11.8 Å². The summed E-state index contributed by atoms with van der Waals surface area (Å²) in [7, 11) is -1.39. The molecule has 0 fully saturated rings. The Morgan fingerprint density at radius 2 is 2.10 bits per heavy atom. The molecule has 2 rings (SSSR count). The van der Waals surface area contributed by atoms with Crippen molar-refractivity contribution in [2.75, 3.05) is 26.7 Å². The maximum Gasteiger partial charge on any atom is 0.251 e. The highest BCUT2D eigenvalue weighted by Crippen LogP contribution is 2.29. The smallest absolute Gasteiger partial charge is 0.251 e. The van der Waals surface area contributed by atoms with Crippen molar-refractivity contribution in [3.63, 3.8) is 0 Å². The van der Waals surface area contributed by atoms with E-state index in [9.17, 15) is 13.2 Å². The van der Waals surface area contributed by atoms with E-state index in [1.807, 2.05) is 14.0 Å². The predicted molar refractivity (Wildman–Crippen MR) is 78.2 cm³/mol. The van der Waals surface area contributed by atoms with Crippen LogP contribution in [0.3, 0.4) is 0 Å². The minimum absolute atomic E-state index is 0.204. The molecule has 0 bridgehead atoms. The number of sulfone groups is 1. The standard InChI is InChI=1S/C14H18N2O3S/c1-3-16(2)9-8-15-14(17)12-5-4-6-13-11(12)7-10-20(13,18)19/h4-7,10H,3,8-9H2,1-2H3,(H,15,17). The second kappa shape index (κ2) is 5.76. The van der Waals surface area contributed by atoms with Crippen LogP contribution >= 0.6 is 0 Å². The van der Waals surface area contributed by atoms with Gasteiger partial charge in [0.05, 0.1) is 4.90 Å². The van der Waals surface area contributed by atoms with Crippen LogP contribution in [0.2, 0.25) is 0 Å². The van der Waals surface area contributed by atoms with Gasteiger partial charge in [-0.1, -0.05) is 13.0 Å². The molecule has 1 amide bonds. The molecule has 0 saturated heterocycles. The van der Waals surface area contributed by atoms with E-state index in [-0.39, 0.29) is 10.8 Å². The Labute approximate surface area is 119 Å². The number of rotatable bonds is 5. The second-order valence-electron chi connectivity index (χ2n) is 4.72. The van der Waals surface area contributed by atoms with Gasteiger partial charge in [-0.15, -0.1) is 0 Å². The van der Waals surface area contributed by atoms with Crippen LogP contribution < -0.4 is 5.32 Å². The molecule has 20 heavy (non-hydrogen) atoms. The van der Waals surface area contributed by atoms with Crippen molar-refractivity contribution < 1.29 is 13.2 Å². The Morgan fingerprint density at radius 3 is 2.80 bits per heavy atom. The van der Waals surface area contributed by atoms with E-state index in [1.165, 1.54) is 12.1 Å². The highest BCUT2D eigenvalue weighted by molar-refractivity contribution is 7.94. The van der Waals surface area contributed by atoms with E-state index < -0.39 is 9.84 Å². The molecular formula is C14H18N2O3S. The number of benzene rings is 1. The van der Waals surface area contributed by atoms with Crippen LogP contribution in [-0.2, 0) is 9.84 Å². The third kappa shape index (κ3) is 2.91. The molecule has 1 aromatic carbocycles. The minimum atomic E-state index is -3.37. The predicted octanol–water partition coefficient (Wildman–Crippen LogP) is 1.13. The zero-order chi connectivity index (χ0) is 14.8. The monoisotopic (exact) mass is 294 g/mol. The van der Waals surface area contributed by atoms with Gasteiger partial charge in [-0.3, -0.25) is 4.79 Å². The number of hydrogen-bond donors (Lipinski definition) is 1. The zero-order valence-electron chi connectivity index (χ0n) is 11.6. The number of carbonyl (C=O) groups excluding carboxylic acids is 1. The van der Waals surface area contributed by atoms with Crippen LogP contribution in [0.25, 0.3) is 6.08 Å². The summed E-state index contributed by atoms with van der Waals surface area (Å²) in [5, 5.41) is 3.95. The fourth-order valence-corrected chi connectivity index (χ4v) is 3.22. The number of hydrogen-bond acceptors (Lipinski definition) is 4. The molecule has 1 heterocycles. The SMILES string of the molecule is CCN(C)CCNC(=O)c1cccc2c1C=CS2(=O)=O. The van der Waals surface area contributed by atoms with Crippen LogP contribution in [-0.4, -0.2) is 45.9 Å². The first-order valence-electron chi connectivity index (χ1n) is 6.48. The molecule has 0 spiro atoms. The van der Waals surface area contributed by atoms with Gasteiger partial charge in [-0.25, -0.2) is 8.42 Å². The van der Waals surface area contributed by atoms with Crippen molar-refractivity contribution in [2.24, 2.45) is 0 Å². The normalized spacial score (nSPS) is 15.3. The molecule has 1 aliphatic rings. The minimum Gasteiger partial charge on any atom is -0.351 e. The Kier molecular flexibility index (Phi) is 4.25. The van der Waals surface area contributed by atoms with Crippen LogP contribution in [0.1, 0.15) is 22.8 Å². The van der Waals surface area contributed by atoms with E-state index in [4.69, 9.17) is 0 Å². The highest BCUT2D eigenvalue weighted by Gasteiger charge is 2.24. The van der Waals surface area contributed by atoms with Crippen LogP contribution in [0.5, 0.6) is 0 Å². The van der Waals surface area contributed by atoms with Crippen LogP contribution in [0, 0.1) is 0 Å². The van der Waals surface area contributed by atoms with Gasteiger partial charge < -0.3 is 10.2 Å². The maximum atomic E-state index is 12.1. The van der Waals surface area contributed by atoms with Crippen molar-refractivity contribution in [1.82, 2.24) is 10.2 Å². The van der Waals surface area contributed by atoms with Crippen molar-refractivity contribution in [3.05, 3.63) is 34.7 Å². The molecular weight excluding hydrogens is 276 g/mol. The summed E-state index contributed by atoms with van der Waals surface area (Å²) in [6.45, 7) is 4.24. The second-order valence-corrected chi connectivity index (χ2v) is 6.52. The maximum absolute atomic E-state index is 12.1. The highest BCUT2D eigenvalue weighted by atomic mass is 32.2. The number of nitrogens with zero attached hydrogens (tertiary/aromatic N) is 1. The molecule has 0 unspecified atom stereocenters. The number of nitrogens with one attached hydrogen (secondary N) is 1. The summed E-state index contributed by atoms with van der Waals surface area (Å²) >= 11 is 0. The molecule has 0 aromatic heterocycles. The first kappa shape index (κ1) is 14.7. The third-order valence-electron chi connectivity index (χ3n) is 3.35. The fourth-order valence-electron chi connectivity index (χ4n) is 2.01. The van der Waals surface area contributed by atoms with E-state index in [0.29, 0.717) is 17.7 Å². The van der Waals surface area contributed by atoms with Gasteiger partial charge in [0.2, 0.25) is 0 Å². The first-order chi connectivity index (χ1) is 9.45. The summed E-state index contributed by atoms with van der Waals surface area (Å²) in [6.07, 6.45) is 1.48. The van der Waals surface area contributed by atoms with Crippen LogP contribution in [0.15, 0.2) is 28.5 Å². The van der Waals surface area contributed by atoms with Crippen LogP contribution in [0.4, 0.5) is 0 Å². The summed E-state index contributed by atoms with van der Waals surface area (Å²) in [5.74, 6) is -0.242. The molecule has 1 aliphatic heterocycles. The van der Waals surface area contributed by atoms with E-state index in [0.717, 1.165) is 18.5 Å². The zero-order valence-corrected chi connectivity index (χ0v) is 12.4.